The van der Waals surface area contributed by atoms with Crippen LogP contribution in [0, 0.1) is 0 Å². The van der Waals surface area contributed by atoms with Gasteiger partial charge in [0, 0.05) is 31.9 Å². The molecule has 0 aromatic rings. The molecule has 0 saturated heterocycles. The van der Waals surface area contributed by atoms with E-state index < -0.39 is 35.8 Å². The molecule has 0 aliphatic heterocycles. The van der Waals surface area contributed by atoms with E-state index >= 15 is 0 Å². The first-order chi connectivity index (χ1) is 12.9. The fourth-order valence-corrected chi connectivity index (χ4v) is 0.327. The first-order valence-electron chi connectivity index (χ1n) is 5.84. The van der Waals surface area contributed by atoms with Crippen LogP contribution >= 0.6 is 86.9 Å². The van der Waals surface area contributed by atoms with Gasteiger partial charge in [-0.05, 0) is 38.8 Å². The molecule has 178 valence electrons. The Bertz CT molecular complexity index is 496. The van der Waals surface area contributed by atoms with Crippen molar-refractivity contribution in [2.75, 3.05) is 6.61 Å². The van der Waals surface area contributed by atoms with E-state index in [1.165, 1.54) is 22.9 Å². The van der Waals surface area contributed by atoms with Crippen LogP contribution in [0.25, 0.3) is 0 Å². The normalized spacial score (nSPS) is 12.5. The SMILES string of the molecule is C=C(F)Cl.CCOC(=O)C(F)(F)Br.FC(F)(Br)C(F)(Cl)Br.O=C(F)C(F)(F)Br.[O]=[Hg]. The van der Waals surface area contributed by atoms with Crippen molar-refractivity contribution in [1.82, 2.24) is 0 Å². The molecule has 0 saturated carbocycles. The molecule has 0 fully saturated rings. The summed E-state index contributed by atoms with van der Waals surface area (Å²) in [6, 6.07) is -2.67. The van der Waals surface area contributed by atoms with Gasteiger partial charge in [-0.3, -0.25) is 4.79 Å². The summed E-state index contributed by atoms with van der Waals surface area (Å²) >= 11 is 15.6. The summed E-state index contributed by atoms with van der Waals surface area (Å²) < 4.78 is 111. The molecule has 0 rings (SSSR count). The van der Waals surface area contributed by atoms with Crippen LogP contribution in [0.3, 0.4) is 0 Å². The average Bonchev–Trinajstić information content (AvgIpc) is 2.46. The van der Waals surface area contributed by atoms with Gasteiger partial charge in [0.05, 0.1) is 6.61 Å². The standard InChI is InChI=1S/C4H5BrF2O2.C2Br2ClF3.C2BrF3O.C2H2ClF.Hg.O/c1-2-9-3(8)4(5,6)7;3-1(5,6)2(4,7)8;3-2(5,6)1(4)7;1-2(3)4;;/h2H2,1H3;;;1H2;;. The molecule has 0 spiro atoms. The quantitative estimate of drug-likeness (QED) is 0.0951. The molecule has 0 aliphatic rings. The monoisotopic (exact) mass is 950 g/mol. The number of rotatable bonds is 4. The van der Waals surface area contributed by atoms with Crippen molar-refractivity contribution in [3.63, 3.8) is 0 Å². The van der Waals surface area contributed by atoms with Gasteiger partial charge in [-0.2, -0.15) is 35.1 Å². The zero-order chi connectivity index (χ0) is 26.1. The number of esters is 1. The van der Waals surface area contributed by atoms with Gasteiger partial charge in [0.25, 0.3) is 0 Å². The van der Waals surface area contributed by atoms with Crippen LogP contribution in [-0.4, -0.2) is 37.1 Å². The molecule has 0 aromatic heterocycles. The van der Waals surface area contributed by atoms with Gasteiger partial charge in [-0.25, -0.2) is 9.18 Å². The van der Waals surface area contributed by atoms with Crippen LogP contribution in [0.2, 0.25) is 0 Å². The van der Waals surface area contributed by atoms with Crippen LogP contribution in [0.5, 0.6) is 0 Å². The molecule has 0 aliphatic carbocycles. The summed E-state index contributed by atoms with van der Waals surface area (Å²) in [5.41, 5.74) is 0. The number of halogens is 15. The van der Waals surface area contributed by atoms with E-state index in [4.69, 9.17) is 7.44 Å². The third kappa shape index (κ3) is 36.8. The van der Waals surface area contributed by atoms with Gasteiger partial charge in [0.15, 0.2) is 5.29 Å². The summed E-state index contributed by atoms with van der Waals surface area (Å²) in [6.45, 7) is 4.07. The molecule has 30 heavy (non-hydrogen) atoms. The van der Waals surface area contributed by atoms with E-state index in [1.54, 1.807) is 15.9 Å². The Morgan fingerprint density at radius 2 is 1.13 bits per heavy atom. The van der Waals surface area contributed by atoms with Gasteiger partial charge < -0.3 is 4.74 Å². The van der Waals surface area contributed by atoms with Crippen molar-refractivity contribution in [3.8, 4) is 0 Å². The predicted molar refractivity (Wildman–Crippen MR) is 99.8 cm³/mol. The van der Waals surface area contributed by atoms with Crippen molar-refractivity contribution in [2.45, 2.75) is 25.5 Å². The number of alkyl halides is 12. The molecule has 1 unspecified atom stereocenters. The Morgan fingerprint density at radius 1 is 0.933 bits per heavy atom. The second-order valence-corrected chi connectivity index (χ2v) is 8.79. The van der Waals surface area contributed by atoms with E-state index in [9.17, 15) is 44.3 Å². The summed E-state index contributed by atoms with van der Waals surface area (Å²) in [5, 5.41) is -0.861. The fourth-order valence-electron chi connectivity index (χ4n) is 0.213. The summed E-state index contributed by atoms with van der Waals surface area (Å²) in [7, 11) is 0. The Balaban J connectivity index is -0.0000000926. The molecule has 0 bridgehead atoms. The topological polar surface area (TPSA) is 60.4 Å². The van der Waals surface area contributed by atoms with Crippen molar-refractivity contribution in [1.29, 1.82) is 0 Å². The summed E-state index contributed by atoms with van der Waals surface area (Å²) in [4.78, 5) is 7.78. The van der Waals surface area contributed by atoms with Crippen LogP contribution in [-0.2, 0) is 43.1 Å². The third-order valence-electron chi connectivity index (χ3n) is 1.05. The molecule has 0 heterocycles. The van der Waals surface area contributed by atoms with Gasteiger partial charge in [0.1, 0.15) is 0 Å². The van der Waals surface area contributed by atoms with Crippen LogP contribution < -0.4 is 0 Å². The van der Waals surface area contributed by atoms with E-state index in [0.29, 0.717) is 0 Å². The molecular formula is C10H7Br4Cl2F9HgO4. The molecule has 1 atom stereocenters. The molecule has 4 nitrogen and oxygen atoms in total. The van der Waals surface area contributed by atoms with Crippen molar-refractivity contribution >= 4 is 98.9 Å². The second kappa shape index (κ2) is 19.9. The maximum absolute atomic E-state index is 11.8. The van der Waals surface area contributed by atoms with Crippen LogP contribution in [0.1, 0.15) is 6.92 Å². The molecular weight excluding hydrogens is 946 g/mol. The number of carbonyl (C=O) groups excluding carboxylic acids is 2. The molecule has 20 heteroatoms. The van der Waals surface area contributed by atoms with Crippen LogP contribution in [0.4, 0.5) is 39.5 Å². The van der Waals surface area contributed by atoms with E-state index in [-0.39, 0.29) is 32.7 Å². The van der Waals surface area contributed by atoms with Crippen LogP contribution in [0.15, 0.2) is 11.9 Å². The number of carbonyl (C=O) groups is 2. The summed E-state index contributed by atoms with van der Waals surface area (Å²) in [5.74, 6) is -1.55. The zero-order valence-corrected chi connectivity index (χ0v) is 27.3. The first-order valence-corrected chi connectivity index (χ1v) is 12.0. The molecule has 0 amide bonds. The Kier molecular flexibility index (Phi) is 27.7. The van der Waals surface area contributed by atoms with Gasteiger partial charge in [0.2, 0.25) is 0 Å². The number of hydrogen-bond donors (Lipinski definition) is 0. The number of ether oxygens (including phenoxy) is 1. The van der Waals surface area contributed by atoms with E-state index in [0.717, 1.165) is 0 Å². The van der Waals surface area contributed by atoms with Crippen molar-refractivity contribution in [3.05, 3.63) is 11.9 Å². The maximum atomic E-state index is 11.8. The van der Waals surface area contributed by atoms with Crippen molar-refractivity contribution in [2.24, 2.45) is 0 Å². The molecule has 0 aromatic carbocycles. The number of hydrogen-bond acceptors (Lipinski definition) is 4. The average molecular weight is 953 g/mol. The Labute approximate surface area is 223 Å². The Morgan fingerprint density at radius 3 is 1.17 bits per heavy atom. The second-order valence-electron chi connectivity index (χ2n) is 3.32. The first kappa shape index (κ1) is 41.7. The van der Waals surface area contributed by atoms with E-state index in [2.05, 4.69) is 34.5 Å². The van der Waals surface area contributed by atoms with Gasteiger partial charge >= 0.3 is 59.3 Å². The van der Waals surface area contributed by atoms with Crippen molar-refractivity contribution < 1.29 is 82.6 Å². The predicted octanol–water partition coefficient (Wildman–Crippen LogP) is 7.78. The minimum absolute atomic E-state index is 0.0416. The molecule has 0 N–H and O–H groups in total. The Hall–Kier alpha value is 1.49. The van der Waals surface area contributed by atoms with Gasteiger partial charge in [-0.15, -0.1) is 0 Å². The summed E-state index contributed by atoms with van der Waals surface area (Å²) in [6.07, 6.45) is 0. The zero-order valence-electron chi connectivity index (χ0n) is 13.9. The van der Waals surface area contributed by atoms with E-state index in [1.807, 2.05) is 31.9 Å². The third-order valence-corrected chi connectivity index (χ3v) is 3.73. The van der Waals surface area contributed by atoms with Gasteiger partial charge in [-0.1, -0.05) is 29.8 Å². The fraction of sp³-hybridized carbons (Fsp3) is 0.600. The molecule has 0 radical (unpaired) electrons. The minimum atomic E-state index is -3.99.